The van der Waals surface area contributed by atoms with Gasteiger partial charge in [0.05, 0.1) is 6.54 Å². The van der Waals surface area contributed by atoms with Gasteiger partial charge in [0.25, 0.3) is 0 Å². The Hall–Kier alpha value is -0.450. The third kappa shape index (κ3) is 3.23. The van der Waals surface area contributed by atoms with E-state index >= 15 is 0 Å². The van der Waals surface area contributed by atoms with E-state index in [0.717, 1.165) is 31.0 Å². The molecule has 3 unspecified atom stereocenters. The molecule has 0 bridgehead atoms. The van der Waals surface area contributed by atoms with Crippen LogP contribution in [0.1, 0.15) is 43.8 Å². The lowest BCUT2D eigenvalue weighted by Gasteiger charge is -2.43. The highest BCUT2D eigenvalue weighted by atomic mass is 32.1. The summed E-state index contributed by atoms with van der Waals surface area (Å²) < 4.78 is 0. The van der Waals surface area contributed by atoms with E-state index in [2.05, 4.69) is 41.4 Å². The molecular weight excluding hydrogens is 266 g/mol. The predicted octanol–water partition coefficient (Wildman–Crippen LogP) is 3.05. The molecule has 2 heterocycles. The second kappa shape index (κ2) is 6.12. The molecule has 0 amide bonds. The SMILES string of the molecule is CCC(C)C1CNC(C2CC2)CN1Cc1nc(C)cs1. The first-order valence-electron chi connectivity index (χ1n) is 8.05. The number of nitrogens with one attached hydrogen (secondary N) is 1. The van der Waals surface area contributed by atoms with E-state index in [1.54, 1.807) is 0 Å². The average molecular weight is 293 g/mol. The molecule has 4 heteroatoms. The standard InChI is InChI=1S/C16H27N3S/c1-4-11(2)15-7-17-14(13-5-6-13)8-19(15)9-16-18-12(3)10-20-16/h10-11,13-15,17H,4-9H2,1-3H3. The van der Waals surface area contributed by atoms with Crippen molar-refractivity contribution in [2.45, 2.75) is 58.7 Å². The number of nitrogens with zero attached hydrogens (tertiary/aromatic N) is 2. The van der Waals surface area contributed by atoms with E-state index in [1.807, 2.05) is 11.3 Å². The van der Waals surface area contributed by atoms with Gasteiger partial charge in [0, 0.05) is 36.2 Å². The number of hydrogen-bond donors (Lipinski definition) is 1. The Morgan fingerprint density at radius 3 is 2.90 bits per heavy atom. The maximum absolute atomic E-state index is 4.67. The average Bonchev–Trinajstić information content (AvgIpc) is 3.22. The number of rotatable bonds is 5. The zero-order chi connectivity index (χ0) is 14.1. The van der Waals surface area contributed by atoms with Crippen LogP contribution in [0, 0.1) is 18.8 Å². The molecule has 112 valence electrons. The summed E-state index contributed by atoms with van der Waals surface area (Å²) in [7, 11) is 0. The summed E-state index contributed by atoms with van der Waals surface area (Å²) in [6.45, 7) is 10.2. The molecule has 1 saturated heterocycles. The fraction of sp³-hybridized carbons (Fsp3) is 0.812. The Bertz CT molecular complexity index is 441. The van der Waals surface area contributed by atoms with Crippen LogP contribution >= 0.6 is 11.3 Å². The quantitative estimate of drug-likeness (QED) is 0.904. The fourth-order valence-electron chi connectivity index (χ4n) is 3.33. The van der Waals surface area contributed by atoms with Crippen LogP contribution in [-0.2, 0) is 6.54 Å². The zero-order valence-electron chi connectivity index (χ0n) is 12.9. The van der Waals surface area contributed by atoms with E-state index in [4.69, 9.17) is 0 Å². The summed E-state index contributed by atoms with van der Waals surface area (Å²) in [4.78, 5) is 7.37. The second-order valence-corrected chi connectivity index (χ2v) is 7.56. The molecule has 3 atom stereocenters. The fourth-order valence-corrected chi connectivity index (χ4v) is 4.13. The molecule has 1 aromatic rings. The lowest BCUT2D eigenvalue weighted by atomic mass is 9.93. The molecule has 0 radical (unpaired) electrons. The van der Waals surface area contributed by atoms with E-state index in [1.165, 1.54) is 36.5 Å². The Kier molecular flexibility index (Phi) is 4.43. The Morgan fingerprint density at radius 1 is 1.50 bits per heavy atom. The smallest absolute Gasteiger partial charge is 0.107 e. The number of aryl methyl sites for hydroxylation is 1. The van der Waals surface area contributed by atoms with Crippen molar-refractivity contribution in [1.82, 2.24) is 15.2 Å². The first kappa shape index (κ1) is 14.5. The Morgan fingerprint density at radius 2 is 2.30 bits per heavy atom. The van der Waals surface area contributed by atoms with Crippen LogP contribution in [0.25, 0.3) is 0 Å². The van der Waals surface area contributed by atoms with Gasteiger partial charge >= 0.3 is 0 Å². The molecule has 0 aromatic carbocycles. The first-order chi connectivity index (χ1) is 9.67. The zero-order valence-corrected chi connectivity index (χ0v) is 13.7. The van der Waals surface area contributed by atoms with Crippen LogP contribution in [0.4, 0.5) is 0 Å². The van der Waals surface area contributed by atoms with E-state index < -0.39 is 0 Å². The van der Waals surface area contributed by atoms with Crippen molar-refractivity contribution in [1.29, 1.82) is 0 Å². The normalized spacial score (nSPS) is 29.6. The predicted molar refractivity (Wildman–Crippen MR) is 85.0 cm³/mol. The van der Waals surface area contributed by atoms with E-state index in [0.29, 0.717) is 6.04 Å². The molecular formula is C16H27N3S. The van der Waals surface area contributed by atoms with E-state index in [-0.39, 0.29) is 0 Å². The lowest BCUT2D eigenvalue weighted by Crippen LogP contribution is -2.58. The Balaban J connectivity index is 1.69. The van der Waals surface area contributed by atoms with Crippen LogP contribution in [0.15, 0.2) is 5.38 Å². The van der Waals surface area contributed by atoms with Crippen LogP contribution in [0.3, 0.4) is 0 Å². The van der Waals surface area contributed by atoms with Gasteiger partial charge in [-0.3, -0.25) is 4.90 Å². The maximum Gasteiger partial charge on any atom is 0.107 e. The van der Waals surface area contributed by atoms with Gasteiger partial charge in [-0.1, -0.05) is 20.3 Å². The van der Waals surface area contributed by atoms with Gasteiger partial charge in [-0.25, -0.2) is 4.98 Å². The number of aromatic nitrogens is 1. The highest BCUT2D eigenvalue weighted by Gasteiger charge is 2.38. The molecule has 1 N–H and O–H groups in total. The van der Waals surface area contributed by atoms with Gasteiger partial charge < -0.3 is 5.32 Å². The minimum absolute atomic E-state index is 0.666. The molecule has 1 aliphatic carbocycles. The van der Waals surface area contributed by atoms with Crippen molar-refractivity contribution in [3.63, 3.8) is 0 Å². The minimum atomic E-state index is 0.666. The maximum atomic E-state index is 4.67. The molecule has 1 aromatic heterocycles. The lowest BCUT2D eigenvalue weighted by molar-refractivity contribution is 0.0786. The van der Waals surface area contributed by atoms with Crippen molar-refractivity contribution in [2.24, 2.45) is 11.8 Å². The molecule has 1 aliphatic heterocycles. The molecule has 2 aliphatic rings. The van der Waals surface area contributed by atoms with Crippen LogP contribution in [0.5, 0.6) is 0 Å². The van der Waals surface area contributed by atoms with Crippen molar-refractivity contribution >= 4 is 11.3 Å². The largest absolute Gasteiger partial charge is 0.311 e. The van der Waals surface area contributed by atoms with Crippen LogP contribution in [0.2, 0.25) is 0 Å². The van der Waals surface area contributed by atoms with E-state index in [9.17, 15) is 0 Å². The van der Waals surface area contributed by atoms with Crippen molar-refractivity contribution in [3.8, 4) is 0 Å². The van der Waals surface area contributed by atoms with Crippen molar-refractivity contribution < 1.29 is 0 Å². The molecule has 0 spiro atoms. The van der Waals surface area contributed by atoms with Gasteiger partial charge in [-0.2, -0.15) is 0 Å². The summed E-state index contributed by atoms with van der Waals surface area (Å²) in [5, 5.41) is 7.27. The summed E-state index contributed by atoms with van der Waals surface area (Å²) in [5.41, 5.74) is 1.17. The molecule has 20 heavy (non-hydrogen) atoms. The van der Waals surface area contributed by atoms with Gasteiger partial charge in [0.2, 0.25) is 0 Å². The molecule has 3 nitrogen and oxygen atoms in total. The number of thiazole rings is 1. The summed E-state index contributed by atoms with van der Waals surface area (Å²) >= 11 is 1.82. The first-order valence-corrected chi connectivity index (χ1v) is 8.93. The number of piperazine rings is 1. The van der Waals surface area contributed by atoms with Gasteiger partial charge in [-0.05, 0) is 31.6 Å². The van der Waals surface area contributed by atoms with Crippen molar-refractivity contribution in [2.75, 3.05) is 13.1 Å². The number of hydrogen-bond acceptors (Lipinski definition) is 4. The van der Waals surface area contributed by atoms with Gasteiger partial charge in [-0.15, -0.1) is 11.3 Å². The summed E-state index contributed by atoms with van der Waals surface area (Å²) in [6.07, 6.45) is 4.11. The van der Waals surface area contributed by atoms with Gasteiger partial charge in [0.15, 0.2) is 0 Å². The highest BCUT2D eigenvalue weighted by Crippen LogP contribution is 2.35. The van der Waals surface area contributed by atoms with Crippen LogP contribution in [-0.4, -0.2) is 35.1 Å². The monoisotopic (exact) mass is 293 g/mol. The molecule has 1 saturated carbocycles. The summed E-state index contributed by atoms with van der Waals surface area (Å²) in [6, 6.07) is 1.38. The minimum Gasteiger partial charge on any atom is -0.311 e. The highest BCUT2D eigenvalue weighted by molar-refractivity contribution is 7.09. The second-order valence-electron chi connectivity index (χ2n) is 6.62. The van der Waals surface area contributed by atoms with Crippen LogP contribution < -0.4 is 5.32 Å². The third-order valence-electron chi connectivity index (χ3n) is 4.99. The topological polar surface area (TPSA) is 28.2 Å². The van der Waals surface area contributed by atoms with Gasteiger partial charge in [0.1, 0.15) is 5.01 Å². The third-order valence-corrected chi connectivity index (χ3v) is 5.94. The summed E-state index contributed by atoms with van der Waals surface area (Å²) in [5.74, 6) is 1.69. The van der Waals surface area contributed by atoms with Crippen molar-refractivity contribution in [3.05, 3.63) is 16.1 Å². The molecule has 2 fully saturated rings. The molecule has 3 rings (SSSR count). The Labute approximate surface area is 126 Å².